The van der Waals surface area contributed by atoms with Gasteiger partial charge in [0.15, 0.2) is 6.23 Å². The Kier molecular flexibility index (Phi) is 4.22. The molecule has 0 fully saturated rings. The molecule has 0 radical (unpaired) electrons. The van der Waals surface area contributed by atoms with Gasteiger partial charge in [-0.25, -0.2) is 4.99 Å². The van der Waals surface area contributed by atoms with Crippen molar-refractivity contribution in [3.8, 4) is 0 Å². The van der Waals surface area contributed by atoms with Gasteiger partial charge >= 0.3 is 0 Å². The van der Waals surface area contributed by atoms with Gasteiger partial charge in [-0.2, -0.15) is 0 Å². The molecule has 2 aromatic carbocycles. The Hall–Kier alpha value is -2.17. The molecule has 0 saturated heterocycles. The number of hydrogen-bond donors (Lipinski definition) is 1. The number of nitrogens with one attached hydrogen (secondary N) is 1. The lowest BCUT2D eigenvalue weighted by Crippen LogP contribution is -2.30. The maximum absolute atomic E-state index is 12.1. The molecule has 112 valence electrons. The molecule has 2 aromatic rings. The van der Waals surface area contributed by atoms with Crippen molar-refractivity contribution in [3.05, 3.63) is 70.7 Å². The quantitative estimate of drug-likeness (QED) is 0.945. The van der Waals surface area contributed by atoms with E-state index in [9.17, 15) is 4.79 Å². The van der Waals surface area contributed by atoms with Crippen LogP contribution in [0.15, 0.2) is 59.6 Å². The molecule has 5 heteroatoms. The van der Waals surface area contributed by atoms with Crippen molar-refractivity contribution in [1.29, 1.82) is 0 Å². The molecular weight excluding hydrogens is 300 g/mol. The lowest BCUT2D eigenvalue weighted by molar-refractivity contribution is -0.114. The Labute approximate surface area is 133 Å². The van der Waals surface area contributed by atoms with Crippen LogP contribution >= 0.6 is 11.6 Å². The summed E-state index contributed by atoms with van der Waals surface area (Å²) in [4.78, 5) is 16.6. The maximum Gasteiger partial charge on any atom is 0.268 e. The molecule has 4 nitrogen and oxygen atoms in total. The summed E-state index contributed by atoms with van der Waals surface area (Å²) in [6, 6.07) is 16.9. The highest BCUT2D eigenvalue weighted by atomic mass is 35.5. The number of ether oxygens (including phenoxy) is 1. The fourth-order valence-corrected chi connectivity index (χ4v) is 2.49. The predicted molar refractivity (Wildman–Crippen MR) is 86.0 cm³/mol. The normalized spacial score (nSPS) is 20.5. The van der Waals surface area contributed by atoms with Crippen molar-refractivity contribution in [3.63, 3.8) is 0 Å². The second-order valence-electron chi connectivity index (χ2n) is 4.92. The fraction of sp³-hybridized carbons (Fsp3) is 0.176. The number of carbonyl (C=O) groups excluding carboxylic acids is 1. The Morgan fingerprint density at radius 1 is 1.09 bits per heavy atom. The lowest BCUT2D eigenvalue weighted by atomic mass is 10.0. The Morgan fingerprint density at radius 3 is 2.41 bits per heavy atom. The molecule has 0 aromatic heterocycles. The van der Waals surface area contributed by atoms with Crippen LogP contribution in [0.25, 0.3) is 0 Å². The summed E-state index contributed by atoms with van der Waals surface area (Å²) in [7, 11) is 1.58. The number of hydrogen-bond acceptors (Lipinski definition) is 3. The first kappa shape index (κ1) is 14.8. The van der Waals surface area contributed by atoms with Crippen LogP contribution in [0.4, 0.5) is 0 Å². The summed E-state index contributed by atoms with van der Waals surface area (Å²) in [5.74, 6) is -0.238. The van der Waals surface area contributed by atoms with E-state index in [1.165, 1.54) is 0 Å². The first-order valence-corrected chi connectivity index (χ1v) is 7.32. The highest BCUT2D eigenvalue weighted by Crippen LogP contribution is 2.35. The Balaban J connectivity index is 1.95. The summed E-state index contributed by atoms with van der Waals surface area (Å²) in [5.41, 5.74) is 2.14. The molecule has 1 amide bonds. The number of halogens is 1. The van der Waals surface area contributed by atoms with Crippen LogP contribution < -0.4 is 5.32 Å². The molecule has 0 saturated carbocycles. The molecule has 2 atom stereocenters. The second kappa shape index (κ2) is 6.30. The summed E-state index contributed by atoms with van der Waals surface area (Å²) >= 11 is 5.92. The largest absolute Gasteiger partial charge is 0.354 e. The van der Waals surface area contributed by atoms with E-state index in [0.29, 0.717) is 10.7 Å². The molecule has 3 rings (SSSR count). The van der Waals surface area contributed by atoms with Crippen molar-refractivity contribution in [2.24, 2.45) is 4.99 Å². The first-order valence-electron chi connectivity index (χ1n) is 6.94. The summed E-state index contributed by atoms with van der Waals surface area (Å²) in [5, 5.41) is 3.25. The molecule has 1 aliphatic rings. The van der Waals surface area contributed by atoms with Gasteiger partial charge in [-0.1, -0.05) is 54.1 Å². The van der Waals surface area contributed by atoms with Crippen molar-refractivity contribution in [2.45, 2.75) is 12.3 Å². The van der Waals surface area contributed by atoms with Gasteiger partial charge in [0.25, 0.3) is 5.91 Å². The van der Waals surface area contributed by atoms with E-state index in [4.69, 9.17) is 16.3 Å². The van der Waals surface area contributed by atoms with Crippen LogP contribution in [0.5, 0.6) is 0 Å². The van der Waals surface area contributed by atoms with Gasteiger partial charge in [0.1, 0.15) is 11.8 Å². The minimum absolute atomic E-state index is 0.238. The van der Waals surface area contributed by atoms with E-state index < -0.39 is 12.3 Å². The number of nitrogens with zero attached hydrogens (tertiary/aromatic N) is 1. The van der Waals surface area contributed by atoms with E-state index >= 15 is 0 Å². The van der Waals surface area contributed by atoms with Crippen LogP contribution in [-0.4, -0.2) is 18.7 Å². The Bertz CT molecular complexity index is 698. The average Bonchev–Trinajstić information content (AvgIpc) is 3.01. The molecule has 0 unspecified atom stereocenters. The molecule has 1 aliphatic heterocycles. The minimum Gasteiger partial charge on any atom is -0.354 e. The number of carbonyl (C=O) groups is 1. The smallest absolute Gasteiger partial charge is 0.268 e. The van der Waals surface area contributed by atoms with E-state index in [0.717, 1.165) is 11.1 Å². The van der Waals surface area contributed by atoms with Crippen LogP contribution in [0, 0.1) is 0 Å². The fourth-order valence-electron chi connectivity index (χ4n) is 2.37. The summed E-state index contributed by atoms with van der Waals surface area (Å²) in [6.07, 6.45) is -0.975. The number of aliphatic imine (C=N–C) groups is 1. The zero-order valence-corrected chi connectivity index (χ0v) is 12.7. The third-order valence-corrected chi connectivity index (χ3v) is 3.74. The molecule has 1 N–H and O–H groups in total. The topological polar surface area (TPSA) is 50.7 Å². The van der Waals surface area contributed by atoms with Gasteiger partial charge in [0.2, 0.25) is 0 Å². The third-order valence-electron chi connectivity index (χ3n) is 3.49. The van der Waals surface area contributed by atoms with Crippen molar-refractivity contribution >= 4 is 23.2 Å². The standard InChI is InChI=1S/C17H15ClN2O2/c1-19-16(21)14-15(11-7-9-13(18)10-8-11)22-17(20-14)12-5-3-2-4-6-12/h2-10,15,17H,1H3,(H,19,21)/t15-,17-/m0/s1. The van der Waals surface area contributed by atoms with Gasteiger partial charge in [0.05, 0.1) is 0 Å². The SMILES string of the molecule is CNC(=O)C1=N[C@H](c2ccccc2)O[C@H]1c1ccc(Cl)cc1. The van der Waals surface area contributed by atoms with Crippen LogP contribution in [0.2, 0.25) is 5.02 Å². The van der Waals surface area contributed by atoms with Gasteiger partial charge < -0.3 is 10.1 Å². The van der Waals surface area contributed by atoms with Crippen LogP contribution in [0.1, 0.15) is 23.5 Å². The lowest BCUT2D eigenvalue weighted by Gasteiger charge is -2.15. The predicted octanol–water partition coefficient (Wildman–Crippen LogP) is 3.30. The van der Waals surface area contributed by atoms with Crippen molar-refractivity contribution in [2.75, 3.05) is 7.05 Å². The number of benzene rings is 2. The molecule has 0 bridgehead atoms. The summed E-state index contributed by atoms with van der Waals surface area (Å²) in [6.45, 7) is 0. The van der Waals surface area contributed by atoms with Crippen LogP contribution in [-0.2, 0) is 9.53 Å². The van der Waals surface area contributed by atoms with E-state index in [2.05, 4.69) is 10.3 Å². The summed E-state index contributed by atoms with van der Waals surface area (Å²) < 4.78 is 6.00. The number of amides is 1. The minimum atomic E-state index is -0.498. The van der Waals surface area contributed by atoms with E-state index in [1.807, 2.05) is 42.5 Å². The highest BCUT2D eigenvalue weighted by Gasteiger charge is 2.34. The first-order chi connectivity index (χ1) is 10.7. The Morgan fingerprint density at radius 2 is 1.77 bits per heavy atom. The molecular formula is C17H15ClN2O2. The third kappa shape index (κ3) is 2.89. The zero-order valence-electron chi connectivity index (χ0n) is 12.0. The van der Waals surface area contributed by atoms with Gasteiger partial charge in [0, 0.05) is 17.6 Å². The van der Waals surface area contributed by atoms with Gasteiger partial charge in [-0.3, -0.25) is 4.79 Å². The molecule has 1 heterocycles. The molecule has 0 aliphatic carbocycles. The molecule has 0 spiro atoms. The highest BCUT2D eigenvalue weighted by molar-refractivity contribution is 6.41. The monoisotopic (exact) mass is 314 g/mol. The second-order valence-corrected chi connectivity index (χ2v) is 5.36. The van der Waals surface area contributed by atoms with Crippen molar-refractivity contribution in [1.82, 2.24) is 5.32 Å². The van der Waals surface area contributed by atoms with Gasteiger partial charge in [-0.15, -0.1) is 0 Å². The number of rotatable bonds is 3. The maximum atomic E-state index is 12.1. The van der Waals surface area contributed by atoms with Crippen molar-refractivity contribution < 1.29 is 9.53 Å². The van der Waals surface area contributed by atoms with E-state index in [1.54, 1.807) is 19.2 Å². The average molecular weight is 315 g/mol. The molecule has 22 heavy (non-hydrogen) atoms. The van der Waals surface area contributed by atoms with E-state index in [-0.39, 0.29) is 5.91 Å². The van der Waals surface area contributed by atoms with Crippen LogP contribution in [0.3, 0.4) is 0 Å². The van der Waals surface area contributed by atoms with Gasteiger partial charge in [-0.05, 0) is 17.7 Å². The zero-order chi connectivity index (χ0) is 15.5.